The van der Waals surface area contributed by atoms with Gasteiger partial charge in [-0.1, -0.05) is 5.16 Å². The van der Waals surface area contributed by atoms with Crippen LogP contribution >= 0.6 is 0 Å². The van der Waals surface area contributed by atoms with E-state index in [1.54, 1.807) is 6.20 Å². The van der Waals surface area contributed by atoms with Gasteiger partial charge < -0.3 is 19.3 Å². The summed E-state index contributed by atoms with van der Waals surface area (Å²) in [5, 5.41) is 7.04. The zero-order valence-electron chi connectivity index (χ0n) is 16.9. The molecule has 9 heteroatoms. The quantitative estimate of drug-likeness (QED) is 0.661. The minimum atomic E-state index is -0.270. The Bertz CT molecular complexity index is 995. The Hall–Kier alpha value is -3.33. The van der Waals surface area contributed by atoms with Gasteiger partial charge in [0, 0.05) is 24.1 Å². The Morgan fingerprint density at radius 2 is 2.10 bits per heavy atom. The van der Waals surface area contributed by atoms with Gasteiger partial charge >= 0.3 is 0 Å². The summed E-state index contributed by atoms with van der Waals surface area (Å²) >= 11 is 0. The Morgan fingerprint density at radius 1 is 1.20 bits per heavy atom. The molecule has 4 heterocycles. The molecule has 3 aromatic heterocycles. The molecule has 9 nitrogen and oxygen atoms in total. The first kappa shape index (κ1) is 20.0. The summed E-state index contributed by atoms with van der Waals surface area (Å²) < 4.78 is 16.5. The Balaban J connectivity index is 1.39. The highest BCUT2D eigenvalue weighted by Gasteiger charge is 2.19. The van der Waals surface area contributed by atoms with E-state index in [2.05, 4.69) is 25.4 Å². The van der Waals surface area contributed by atoms with Gasteiger partial charge in [-0.05, 0) is 38.8 Å². The monoisotopic (exact) mass is 409 g/mol. The van der Waals surface area contributed by atoms with Gasteiger partial charge in [0.25, 0.3) is 5.91 Å². The predicted molar refractivity (Wildman–Crippen MR) is 107 cm³/mol. The number of pyridine rings is 1. The van der Waals surface area contributed by atoms with Crippen molar-refractivity contribution >= 4 is 5.91 Å². The lowest BCUT2D eigenvalue weighted by molar-refractivity contribution is 0.0621. The van der Waals surface area contributed by atoms with Gasteiger partial charge in [-0.3, -0.25) is 9.78 Å². The van der Waals surface area contributed by atoms with Crippen LogP contribution in [0.2, 0.25) is 0 Å². The van der Waals surface area contributed by atoms with E-state index in [-0.39, 0.29) is 24.2 Å². The first-order valence-corrected chi connectivity index (χ1v) is 9.82. The molecular formula is C21H23N5O4. The number of carbonyl (C=O) groups is 1. The highest BCUT2D eigenvalue weighted by atomic mass is 16.5. The van der Waals surface area contributed by atoms with Crippen LogP contribution in [0.15, 0.2) is 35.2 Å². The van der Waals surface area contributed by atoms with Gasteiger partial charge in [0.1, 0.15) is 23.8 Å². The normalized spacial score (nSPS) is 16.3. The molecule has 0 radical (unpaired) electrons. The molecular weight excluding hydrogens is 386 g/mol. The largest absolute Gasteiger partial charge is 0.471 e. The summed E-state index contributed by atoms with van der Waals surface area (Å²) in [6.07, 6.45) is 6.42. The van der Waals surface area contributed by atoms with Gasteiger partial charge in [-0.15, -0.1) is 0 Å². The zero-order valence-corrected chi connectivity index (χ0v) is 16.9. The number of rotatable bonds is 6. The first-order valence-electron chi connectivity index (χ1n) is 9.82. The minimum absolute atomic E-state index is 0.00947. The van der Waals surface area contributed by atoms with Crippen LogP contribution in [0.25, 0.3) is 11.3 Å². The average Bonchev–Trinajstić information content (AvgIpc) is 3.14. The molecule has 0 saturated carbocycles. The van der Waals surface area contributed by atoms with Crippen molar-refractivity contribution in [3.63, 3.8) is 0 Å². The minimum Gasteiger partial charge on any atom is -0.471 e. The fourth-order valence-electron chi connectivity index (χ4n) is 3.16. The maximum atomic E-state index is 12.3. The number of nitrogens with zero attached hydrogens (tertiary/aromatic N) is 4. The summed E-state index contributed by atoms with van der Waals surface area (Å²) in [5.41, 5.74) is 3.49. The van der Waals surface area contributed by atoms with Gasteiger partial charge in [-0.2, -0.15) is 0 Å². The molecule has 1 aliphatic heterocycles. The molecule has 0 aromatic carbocycles. The second-order valence-corrected chi connectivity index (χ2v) is 7.17. The third kappa shape index (κ3) is 4.62. The van der Waals surface area contributed by atoms with Gasteiger partial charge in [0.05, 0.1) is 30.6 Å². The number of aromatic nitrogens is 4. The third-order valence-electron chi connectivity index (χ3n) is 4.89. The lowest BCUT2D eigenvalue weighted by Crippen LogP contribution is -2.40. The highest BCUT2D eigenvalue weighted by molar-refractivity contribution is 5.92. The maximum Gasteiger partial charge on any atom is 0.271 e. The van der Waals surface area contributed by atoms with Gasteiger partial charge in [0.15, 0.2) is 0 Å². The number of aryl methyl sites for hydroxylation is 2. The maximum absolute atomic E-state index is 12.3. The lowest BCUT2D eigenvalue weighted by atomic mass is 10.1. The fourth-order valence-corrected chi connectivity index (χ4v) is 3.16. The van der Waals surface area contributed by atoms with Gasteiger partial charge in [0.2, 0.25) is 5.88 Å². The molecule has 3 aromatic rings. The van der Waals surface area contributed by atoms with Gasteiger partial charge in [-0.25, -0.2) is 9.97 Å². The molecule has 0 aliphatic carbocycles. The van der Waals surface area contributed by atoms with Crippen LogP contribution in [-0.4, -0.2) is 45.3 Å². The summed E-state index contributed by atoms with van der Waals surface area (Å²) in [7, 11) is 0. The van der Waals surface area contributed by atoms with E-state index in [0.717, 1.165) is 36.3 Å². The lowest BCUT2D eigenvalue weighted by Gasteiger charge is -2.22. The smallest absolute Gasteiger partial charge is 0.271 e. The zero-order chi connectivity index (χ0) is 20.9. The number of nitrogens with one attached hydrogen (secondary N) is 1. The number of hydrogen-bond donors (Lipinski definition) is 1. The average molecular weight is 409 g/mol. The molecule has 1 amide bonds. The molecule has 1 saturated heterocycles. The number of hydrogen-bond acceptors (Lipinski definition) is 8. The summed E-state index contributed by atoms with van der Waals surface area (Å²) in [6, 6.07) is 3.86. The van der Waals surface area contributed by atoms with Crippen molar-refractivity contribution in [3.05, 3.63) is 53.4 Å². The molecule has 156 valence electrons. The third-order valence-corrected chi connectivity index (χ3v) is 4.89. The molecule has 1 fully saturated rings. The second-order valence-electron chi connectivity index (χ2n) is 7.17. The number of ether oxygens (including phenoxy) is 2. The van der Waals surface area contributed by atoms with E-state index < -0.39 is 0 Å². The first-order chi connectivity index (χ1) is 14.6. The van der Waals surface area contributed by atoms with E-state index >= 15 is 0 Å². The predicted octanol–water partition coefficient (Wildman–Crippen LogP) is 2.63. The Morgan fingerprint density at radius 3 is 2.80 bits per heavy atom. The van der Waals surface area contributed by atoms with Crippen molar-refractivity contribution in [2.75, 3.05) is 13.2 Å². The topological polar surface area (TPSA) is 112 Å². The van der Waals surface area contributed by atoms with E-state index in [1.165, 1.54) is 12.4 Å². The van der Waals surface area contributed by atoms with Crippen LogP contribution in [0.4, 0.5) is 0 Å². The van der Waals surface area contributed by atoms with Crippen LogP contribution in [0, 0.1) is 13.8 Å². The molecule has 0 spiro atoms. The summed E-state index contributed by atoms with van der Waals surface area (Å²) in [6.45, 7) is 5.22. The Kier molecular flexibility index (Phi) is 5.99. The van der Waals surface area contributed by atoms with Crippen LogP contribution in [0.1, 0.15) is 40.3 Å². The summed E-state index contributed by atoms with van der Waals surface area (Å²) in [5.74, 6) is 0.693. The van der Waals surface area contributed by atoms with E-state index in [1.807, 2.05) is 26.0 Å². The van der Waals surface area contributed by atoms with Crippen LogP contribution in [0.3, 0.4) is 0 Å². The molecule has 0 bridgehead atoms. The number of amides is 1. The SMILES string of the molecule is Cc1ccc(-c2noc(C)c2COc2cnc(C(=O)NC3CCCOC3)cn2)cn1. The van der Waals surface area contributed by atoms with Crippen LogP contribution in [-0.2, 0) is 11.3 Å². The molecule has 1 aliphatic rings. The second kappa shape index (κ2) is 9.00. The Labute approximate surface area is 173 Å². The number of carbonyl (C=O) groups excluding carboxylic acids is 1. The molecule has 1 N–H and O–H groups in total. The van der Waals surface area contributed by atoms with Crippen molar-refractivity contribution in [1.29, 1.82) is 0 Å². The van der Waals surface area contributed by atoms with Crippen LogP contribution < -0.4 is 10.1 Å². The van der Waals surface area contributed by atoms with E-state index in [9.17, 15) is 4.79 Å². The fraction of sp³-hybridized carbons (Fsp3) is 0.381. The van der Waals surface area contributed by atoms with Crippen molar-refractivity contribution in [2.24, 2.45) is 0 Å². The van der Waals surface area contributed by atoms with E-state index in [4.69, 9.17) is 14.0 Å². The molecule has 4 rings (SSSR count). The molecule has 30 heavy (non-hydrogen) atoms. The molecule has 1 unspecified atom stereocenters. The van der Waals surface area contributed by atoms with Crippen molar-refractivity contribution in [3.8, 4) is 17.1 Å². The van der Waals surface area contributed by atoms with Crippen molar-refractivity contribution in [2.45, 2.75) is 39.3 Å². The summed E-state index contributed by atoms with van der Waals surface area (Å²) in [4.78, 5) is 25.0. The highest BCUT2D eigenvalue weighted by Crippen LogP contribution is 2.25. The molecule has 1 atom stereocenters. The standard InChI is InChI=1S/C21H23N5O4/c1-13-5-6-15(8-22-13)20-17(14(2)30-26-20)12-29-19-10-23-18(9-24-19)21(27)25-16-4-3-7-28-11-16/h5-6,8-10,16H,3-4,7,11-12H2,1-2H3,(H,25,27). The van der Waals surface area contributed by atoms with Crippen molar-refractivity contribution < 1.29 is 18.8 Å². The van der Waals surface area contributed by atoms with Crippen LogP contribution in [0.5, 0.6) is 5.88 Å². The van der Waals surface area contributed by atoms with Crippen molar-refractivity contribution in [1.82, 2.24) is 25.4 Å². The van der Waals surface area contributed by atoms with E-state index in [0.29, 0.717) is 23.9 Å².